The van der Waals surface area contributed by atoms with Crippen LogP contribution in [-0.4, -0.2) is 27.9 Å². The zero-order chi connectivity index (χ0) is 13.8. The van der Waals surface area contributed by atoms with E-state index in [4.69, 9.17) is 4.42 Å². The van der Waals surface area contributed by atoms with Crippen LogP contribution in [0.2, 0.25) is 0 Å². The minimum Gasteiger partial charge on any atom is -0.508 e. The number of anilines is 1. The summed E-state index contributed by atoms with van der Waals surface area (Å²) in [5.74, 6) is 0.899. The number of aromatic hydroxyl groups is 1. The lowest BCUT2D eigenvalue weighted by atomic mass is 10.1. The number of phenols is 1. The molecule has 1 aromatic heterocycles. The van der Waals surface area contributed by atoms with Crippen molar-refractivity contribution >= 4 is 6.01 Å². The van der Waals surface area contributed by atoms with E-state index >= 15 is 0 Å². The zero-order valence-electron chi connectivity index (χ0n) is 11.2. The van der Waals surface area contributed by atoms with Gasteiger partial charge in [0.2, 0.25) is 5.89 Å². The summed E-state index contributed by atoms with van der Waals surface area (Å²) in [4.78, 5) is 0. The van der Waals surface area contributed by atoms with Crippen LogP contribution in [0.1, 0.15) is 24.3 Å². The van der Waals surface area contributed by atoms with E-state index in [9.17, 15) is 5.11 Å². The SMILES string of the molecule is Oc1ccc(CCNc2nnc(CNC3CC3)o2)cc1. The molecule has 0 aliphatic heterocycles. The van der Waals surface area contributed by atoms with Gasteiger partial charge < -0.3 is 20.2 Å². The molecule has 1 aliphatic rings. The van der Waals surface area contributed by atoms with E-state index in [0.29, 0.717) is 31.0 Å². The largest absolute Gasteiger partial charge is 0.508 e. The van der Waals surface area contributed by atoms with Crippen molar-refractivity contribution in [1.82, 2.24) is 15.5 Å². The van der Waals surface area contributed by atoms with Crippen LogP contribution in [0, 0.1) is 0 Å². The molecule has 6 nitrogen and oxygen atoms in total. The normalized spacial score (nSPS) is 14.4. The number of hydrogen-bond donors (Lipinski definition) is 3. The zero-order valence-corrected chi connectivity index (χ0v) is 11.2. The Bertz CT molecular complexity index is 549. The van der Waals surface area contributed by atoms with E-state index in [1.807, 2.05) is 12.1 Å². The Morgan fingerprint density at radius 3 is 2.75 bits per heavy atom. The van der Waals surface area contributed by atoms with Crippen molar-refractivity contribution in [2.24, 2.45) is 0 Å². The van der Waals surface area contributed by atoms with E-state index in [2.05, 4.69) is 20.8 Å². The van der Waals surface area contributed by atoms with Gasteiger partial charge in [0.25, 0.3) is 0 Å². The van der Waals surface area contributed by atoms with Gasteiger partial charge in [0.05, 0.1) is 6.54 Å². The van der Waals surface area contributed by atoms with Crippen LogP contribution in [-0.2, 0) is 13.0 Å². The first-order chi connectivity index (χ1) is 9.79. The summed E-state index contributed by atoms with van der Waals surface area (Å²) in [6.07, 6.45) is 3.32. The average Bonchev–Trinajstić information content (AvgIpc) is 3.18. The Labute approximate surface area is 117 Å². The highest BCUT2D eigenvalue weighted by atomic mass is 16.4. The molecule has 0 amide bonds. The molecule has 0 saturated heterocycles. The maximum absolute atomic E-state index is 9.20. The second kappa shape index (κ2) is 5.92. The van der Waals surface area contributed by atoms with Crippen LogP contribution in [0.25, 0.3) is 0 Å². The Kier molecular flexibility index (Phi) is 3.83. The maximum atomic E-state index is 9.20. The lowest BCUT2D eigenvalue weighted by Gasteiger charge is -2.02. The predicted octanol–water partition coefficient (Wildman–Crippen LogP) is 1.68. The summed E-state index contributed by atoms with van der Waals surface area (Å²) in [5, 5.41) is 23.6. The molecule has 1 heterocycles. The van der Waals surface area contributed by atoms with Crippen LogP contribution in [0.15, 0.2) is 28.7 Å². The first-order valence-electron chi connectivity index (χ1n) is 6.87. The van der Waals surface area contributed by atoms with Crippen LogP contribution in [0.5, 0.6) is 5.75 Å². The van der Waals surface area contributed by atoms with E-state index in [1.54, 1.807) is 12.1 Å². The van der Waals surface area contributed by atoms with E-state index in [1.165, 1.54) is 12.8 Å². The molecule has 20 heavy (non-hydrogen) atoms. The van der Waals surface area contributed by atoms with E-state index in [0.717, 1.165) is 12.0 Å². The predicted molar refractivity (Wildman–Crippen MR) is 74.5 cm³/mol. The minimum absolute atomic E-state index is 0.284. The first kappa shape index (κ1) is 12.9. The molecule has 0 spiro atoms. The summed E-state index contributed by atoms with van der Waals surface area (Å²) in [7, 11) is 0. The van der Waals surface area contributed by atoms with Crippen molar-refractivity contribution in [3.63, 3.8) is 0 Å². The molecular weight excluding hydrogens is 256 g/mol. The monoisotopic (exact) mass is 274 g/mol. The highest BCUT2D eigenvalue weighted by Crippen LogP contribution is 2.19. The molecule has 0 unspecified atom stereocenters. The minimum atomic E-state index is 0.284. The van der Waals surface area contributed by atoms with Crippen molar-refractivity contribution in [1.29, 1.82) is 0 Å². The second-order valence-electron chi connectivity index (χ2n) is 5.00. The topological polar surface area (TPSA) is 83.2 Å². The Morgan fingerprint density at radius 1 is 1.20 bits per heavy atom. The Morgan fingerprint density at radius 2 is 2.00 bits per heavy atom. The molecule has 1 aliphatic carbocycles. The number of aromatic nitrogens is 2. The molecule has 106 valence electrons. The van der Waals surface area contributed by atoms with Crippen LogP contribution < -0.4 is 10.6 Å². The molecule has 6 heteroatoms. The second-order valence-corrected chi connectivity index (χ2v) is 5.00. The summed E-state index contributed by atoms with van der Waals surface area (Å²) >= 11 is 0. The van der Waals surface area contributed by atoms with E-state index < -0.39 is 0 Å². The van der Waals surface area contributed by atoms with Crippen molar-refractivity contribution in [3.05, 3.63) is 35.7 Å². The summed E-state index contributed by atoms with van der Waals surface area (Å²) < 4.78 is 5.48. The molecule has 2 aromatic rings. The quantitative estimate of drug-likeness (QED) is 0.712. The van der Waals surface area contributed by atoms with Crippen LogP contribution in [0.4, 0.5) is 6.01 Å². The van der Waals surface area contributed by atoms with Crippen LogP contribution >= 0.6 is 0 Å². The van der Waals surface area contributed by atoms with Gasteiger partial charge in [-0.1, -0.05) is 17.2 Å². The third-order valence-corrected chi connectivity index (χ3v) is 3.21. The number of nitrogens with zero attached hydrogens (tertiary/aromatic N) is 2. The first-order valence-corrected chi connectivity index (χ1v) is 6.87. The van der Waals surface area contributed by atoms with Gasteiger partial charge in [0.1, 0.15) is 5.75 Å². The van der Waals surface area contributed by atoms with Gasteiger partial charge in [0.15, 0.2) is 0 Å². The van der Waals surface area contributed by atoms with Gasteiger partial charge >= 0.3 is 6.01 Å². The van der Waals surface area contributed by atoms with Crippen molar-refractivity contribution < 1.29 is 9.52 Å². The van der Waals surface area contributed by atoms with Gasteiger partial charge in [0, 0.05) is 12.6 Å². The van der Waals surface area contributed by atoms with Gasteiger partial charge in [-0.3, -0.25) is 0 Å². The Balaban J connectivity index is 1.42. The molecule has 1 aromatic carbocycles. The lowest BCUT2D eigenvalue weighted by Crippen LogP contribution is -2.15. The van der Waals surface area contributed by atoms with Gasteiger partial charge in [-0.2, -0.15) is 0 Å². The fraction of sp³-hybridized carbons (Fsp3) is 0.429. The lowest BCUT2D eigenvalue weighted by molar-refractivity contribution is 0.474. The number of rotatable bonds is 7. The Hall–Kier alpha value is -2.08. The summed E-state index contributed by atoms with van der Waals surface area (Å²) in [5.41, 5.74) is 1.14. The van der Waals surface area contributed by atoms with Gasteiger partial charge in [-0.05, 0) is 37.0 Å². The number of phenolic OH excluding ortho intramolecular Hbond substituents is 1. The smallest absolute Gasteiger partial charge is 0.315 e. The number of benzene rings is 1. The fourth-order valence-corrected chi connectivity index (χ4v) is 1.89. The van der Waals surface area contributed by atoms with E-state index in [-0.39, 0.29) is 5.75 Å². The fourth-order valence-electron chi connectivity index (χ4n) is 1.89. The number of nitrogens with one attached hydrogen (secondary N) is 2. The van der Waals surface area contributed by atoms with Gasteiger partial charge in [-0.15, -0.1) is 5.10 Å². The third kappa shape index (κ3) is 3.71. The molecular formula is C14H18N4O2. The highest BCUT2D eigenvalue weighted by Gasteiger charge is 2.21. The molecule has 3 N–H and O–H groups in total. The number of hydrogen-bond acceptors (Lipinski definition) is 6. The molecule has 0 bridgehead atoms. The highest BCUT2D eigenvalue weighted by molar-refractivity contribution is 5.27. The summed E-state index contributed by atoms with van der Waals surface area (Å²) in [6, 6.07) is 8.25. The van der Waals surface area contributed by atoms with Crippen molar-refractivity contribution in [3.8, 4) is 5.75 Å². The van der Waals surface area contributed by atoms with Crippen molar-refractivity contribution in [2.45, 2.75) is 31.8 Å². The van der Waals surface area contributed by atoms with Crippen molar-refractivity contribution in [2.75, 3.05) is 11.9 Å². The molecule has 1 fully saturated rings. The molecule has 0 radical (unpaired) electrons. The maximum Gasteiger partial charge on any atom is 0.315 e. The molecule has 3 rings (SSSR count). The van der Waals surface area contributed by atoms with Gasteiger partial charge in [-0.25, -0.2) is 0 Å². The summed E-state index contributed by atoms with van der Waals surface area (Å²) in [6.45, 7) is 1.35. The molecule has 0 atom stereocenters. The standard InChI is InChI=1S/C14H18N4O2/c19-12-5-1-10(2-6-12)7-8-15-14-18-17-13(20-14)9-16-11-3-4-11/h1-2,5-6,11,16,19H,3-4,7-9H2,(H,15,18). The average molecular weight is 274 g/mol. The van der Waals surface area contributed by atoms with Crippen LogP contribution in [0.3, 0.4) is 0 Å². The molecule has 1 saturated carbocycles. The third-order valence-electron chi connectivity index (χ3n) is 3.21.